The summed E-state index contributed by atoms with van der Waals surface area (Å²) >= 11 is 5.83. The molecule has 62 heavy (non-hydrogen) atoms. The second-order valence-corrected chi connectivity index (χ2v) is 15.7. The van der Waals surface area contributed by atoms with Crippen molar-refractivity contribution in [1.82, 2.24) is 25.5 Å². The minimum atomic E-state index is -1.72. The van der Waals surface area contributed by atoms with Gasteiger partial charge in [0.05, 0.1) is 24.7 Å². The number of amides is 2. The number of benzene rings is 2. The number of nitrogens with two attached hydrogens (primary N) is 3. The summed E-state index contributed by atoms with van der Waals surface area (Å²) in [5.74, 6) is -2.82. The molecule has 18 nitrogen and oxygen atoms in total. The average molecular weight is 885 g/mol. The molecule has 2 amide bonds. The summed E-state index contributed by atoms with van der Waals surface area (Å²) in [5, 5.41) is 66.3. The Hall–Kier alpha value is -4.95. The van der Waals surface area contributed by atoms with Gasteiger partial charge in [0.2, 0.25) is 5.91 Å². The normalized spacial score (nSPS) is 14.2. The number of guanidine groups is 1. The maximum atomic E-state index is 12.8. The minimum Gasteiger partial charge on any atom is -0.548 e. The van der Waals surface area contributed by atoms with E-state index in [0.29, 0.717) is 38.9 Å². The molecule has 0 aliphatic heterocycles. The lowest BCUT2D eigenvalue weighted by Crippen LogP contribution is -2.50. The molecule has 0 fully saturated rings. The van der Waals surface area contributed by atoms with Crippen LogP contribution in [0.2, 0.25) is 5.15 Å². The minimum absolute atomic E-state index is 0.0107. The lowest BCUT2D eigenvalue weighted by molar-refractivity contribution is -0.308. The largest absolute Gasteiger partial charge is 0.548 e. The number of nitrogens with one attached hydrogen (secondary N) is 2. The number of aliphatic hydroxyl groups excluding tert-OH is 5. The monoisotopic (exact) mass is 884 g/mol. The third kappa shape index (κ3) is 17.8. The number of unbranched alkanes of at least 4 members (excludes halogenated alkanes) is 5. The fraction of sp³-hybridized carbons (Fsp3) is 0.535. The number of halogens is 1. The first-order chi connectivity index (χ1) is 29.6. The number of rotatable bonds is 28. The lowest BCUT2D eigenvalue weighted by Gasteiger charge is -2.30. The fourth-order valence-electron chi connectivity index (χ4n) is 6.64. The number of hydrogen-bond donors (Lipinski definition) is 10. The summed E-state index contributed by atoms with van der Waals surface area (Å²) < 4.78 is 0. The molecule has 3 aromatic rings. The Labute approximate surface area is 367 Å². The standard InChI is InChI=1S/C43H64ClN9O9/c1-2-3-4-8-23-53(25-32(55)36(58)37(59)33(56)26-54)24-9-6-11-31(42(61)62)49-34(57)21-16-28-14-19-30(20-15-28)29-17-12-27(13-18-29)10-5-7-22-48-43(47)52-41(60)35-39(45)51-40(46)38(44)50-35/h12-15,17-20,31-33,36-37,54-56,58-59H,2-11,16,21-26H2,1H3,(H,49,57)(H,61,62)(H4,45,46,51)(H3,47,48,52,60)/p-1/t31-,32-,33+,36+,37+/m0/s1. The maximum absolute atomic E-state index is 12.8. The number of aliphatic hydroxyl groups is 5. The Morgan fingerprint density at radius 1 is 0.806 bits per heavy atom. The van der Waals surface area contributed by atoms with Gasteiger partial charge in [0.25, 0.3) is 5.91 Å². The number of carbonyl (C=O) groups excluding carboxylic acids is 3. The molecule has 0 saturated heterocycles. The molecule has 2 aromatic carbocycles. The van der Waals surface area contributed by atoms with Crippen LogP contribution in [0.4, 0.5) is 11.6 Å². The van der Waals surface area contributed by atoms with Crippen LogP contribution in [0.15, 0.2) is 53.5 Å². The fourth-order valence-corrected chi connectivity index (χ4v) is 6.77. The summed E-state index contributed by atoms with van der Waals surface area (Å²) in [6.45, 7) is 2.81. The highest BCUT2D eigenvalue weighted by Crippen LogP contribution is 2.22. The molecule has 0 bridgehead atoms. The number of aromatic nitrogens is 2. The van der Waals surface area contributed by atoms with E-state index in [1.807, 2.05) is 41.3 Å². The smallest absolute Gasteiger partial charge is 0.280 e. The van der Waals surface area contributed by atoms with E-state index in [1.54, 1.807) is 0 Å². The molecule has 0 saturated carbocycles. The van der Waals surface area contributed by atoms with Gasteiger partial charge in [-0.25, -0.2) is 9.97 Å². The Kier molecular flexibility index (Phi) is 22.5. The Morgan fingerprint density at radius 3 is 2.00 bits per heavy atom. The predicted molar refractivity (Wildman–Crippen MR) is 235 cm³/mol. The number of anilines is 2. The van der Waals surface area contributed by atoms with Gasteiger partial charge in [-0.15, -0.1) is 0 Å². The Balaban J connectivity index is 1.39. The summed E-state index contributed by atoms with van der Waals surface area (Å²) in [6.07, 6.45) is 1.57. The van der Waals surface area contributed by atoms with Crippen LogP contribution in [0, 0.1) is 0 Å². The average Bonchev–Trinajstić information content (AvgIpc) is 3.25. The molecule has 0 aliphatic rings. The second kappa shape index (κ2) is 27.2. The zero-order valence-corrected chi connectivity index (χ0v) is 36.1. The molecular formula is C43H63ClN9O9-. The van der Waals surface area contributed by atoms with E-state index < -0.39 is 54.8 Å². The van der Waals surface area contributed by atoms with Crippen molar-refractivity contribution in [2.24, 2.45) is 10.7 Å². The molecule has 1 heterocycles. The van der Waals surface area contributed by atoms with E-state index in [-0.39, 0.29) is 47.8 Å². The molecule has 0 spiro atoms. The van der Waals surface area contributed by atoms with Crippen LogP contribution >= 0.6 is 11.6 Å². The zero-order chi connectivity index (χ0) is 45.6. The number of carboxylic acids is 1. The van der Waals surface area contributed by atoms with Gasteiger partial charge in [-0.05, 0) is 86.7 Å². The van der Waals surface area contributed by atoms with Crippen molar-refractivity contribution in [2.75, 3.05) is 44.3 Å². The number of carbonyl (C=O) groups is 3. The highest BCUT2D eigenvalue weighted by atomic mass is 35.5. The first-order valence-corrected chi connectivity index (χ1v) is 21.4. The van der Waals surface area contributed by atoms with E-state index in [1.165, 1.54) is 0 Å². The molecule has 0 unspecified atom stereocenters. The number of aliphatic imine (C=N–C) groups is 1. The van der Waals surface area contributed by atoms with E-state index in [4.69, 9.17) is 33.9 Å². The molecule has 0 aliphatic carbocycles. The van der Waals surface area contributed by atoms with Crippen molar-refractivity contribution in [2.45, 2.75) is 114 Å². The van der Waals surface area contributed by atoms with Crippen molar-refractivity contribution in [3.63, 3.8) is 0 Å². The van der Waals surface area contributed by atoms with Crippen LogP contribution in [-0.2, 0) is 22.4 Å². The van der Waals surface area contributed by atoms with E-state index in [9.17, 15) is 39.9 Å². The van der Waals surface area contributed by atoms with Crippen molar-refractivity contribution >= 4 is 47.0 Å². The molecule has 13 N–H and O–H groups in total. The number of hydrogen-bond acceptors (Lipinski definition) is 15. The molecule has 3 rings (SSSR count). The van der Waals surface area contributed by atoms with Crippen LogP contribution in [0.3, 0.4) is 0 Å². The highest BCUT2D eigenvalue weighted by molar-refractivity contribution is 6.31. The molecule has 19 heteroatoms. The number of aliphatic carboxylic acids is 1. The quantitative estimate of drug-likeness (QED) is 0.0272. The third-order valence-corrected chi connectivity index (χ3v) is 10.6. The second-order valence-electron chi connectivity index (χ2n) is 15.3. The van der Waals surface area contributed by atoms with E-state index >= 15 is 0 Å². The van der Waals surface area contributed by atoms with Gasteiger partial charge in [-0.3, -0.25) is 19.9 Å². The van der Waals surface area contributed by atoms with Crippen molar-refractivity contribution in [3.8, 4) is 11.1 Å². The third-order valence-electron chi connectivity index (χ3n) is 10.3. The van der Waals surface area contributed by atoms with E-state index in [0.717, 1.165) is 67.2 Å². The molecule has 5 atom stereocenters. The van der Waals surface area contributed by atoms with Crippen LogP contribution in [0.1, 0.15) is 92.7 Å². The van der Waals surface area contributed by atoms with Crippen molar-refractivity contribution in [3.05, 3.63) is 70.5 Å². The van der Waals surface area contributed by atoms with Crippen molar-refractivity contribution in [1.29, 1.82) is 0 Å². The lowest BCUT2D eigenvalue weighted by atomic mass is 9.99. The van der Waals surface area contributed by atoms with Crippen molar-refractivity contribution < 1.29 is 45.0 Å². The van der Waals surface area contributed by atoms with E-state index in [2.05, 4.69) is 44.7 Å². The Bertz CT molecular complexity index is 1870. The van der Waals surface area contributed by atoms with Gasteiger partial charge in [-0.2, -0.15) is 0 Å². The molecule has 0 radical (unpaired) electrons. The van der Waals surface area contributed by atoms with Crippen LogP contribution in [0.5, 0.6) is 0 Å². The van der Waals surface area contributed by atoms with Gasteiger partial charge < -0.3 is 62.9 Å². The summed E-state index contributed by atoms with van der Waals surface area (Å²) in [6, 6.07) is 14.9. The molecule has 1 aromatic heterocycles. The summed E-state index contributed by atoms with van der Waals surface area (Å²) in [7, 11) is 0. The van der Waals surface area contributed by atoms with Crippen LogP contribution < -0.4 is 32.9 Å². The number of nitrogens with zero attached hydrogens (tertiary/aromatic N) is 4. The number of carboxylic acid groups (broad SMARTS) is 1. The zero-order valence-electron chi connectivity index (χ0n) is 35.3. The van der Waals surface area contributed by atoms with Gasteiger partial charge in [0.15, 0.2) is 28.4 Å². The van der Waals surface area contributed by atoms with Crippen LogP contribution in [-0.4, -0.2) is 127 Å². The van der Waals surface area contributed by atoms with Crippen LogP contribution in [0.25, 0.3) is 11.1 Å². The number of nitrogen functional groups attached to an aromatic ring is 2. The molecular weight excluding hydrogens is 822 g/mol. The maximum Gasteiger partial charge on any atom is 0.280 e. The first kappa shape index (κ1) is 51.4. The van der Waals surface area contributed by atoms with Gasteiger partial charge in [0.1, 0.15) is 18.3 Å². The molecule has 342 valence electrons. The first-order valence-electron chi connectivity index (χ1n) is 21.1. The summed E-state index contributed by atoms with van der Waals surface area (Å²) in [5.41, 5.74) is 21.0. The van der Waals surface area contributed by atoms with Gasteiger partial charge >= 0.3 is 0 Å². The summed E-state index contributed by atoms with van der Waals surface area (Å²) in [4.78, 5) is 50.8. The highest BCUT2D eigenvalue weighted by Gasteiger charge is 2.31. The number of aryl methyl sites for hydroxylation is 2. The predicted octanol–water partition coefficient (Wildman–Crippen LogP) is 0.685. The SMILES string of the molecule is CCCCCCN(CCCC[C@H](NC(=O)CCc1ccc(-c2ccc(CCCCN=C(N)NC(=O)c3nc(Cl)c(N)nc3N)cc2)cc1)C(=O)[O-])C[C@H](O)[C@@H](O)[C@H](O)[C@H](O)CO. The van der Waals surface area contributed by atoms with Gasteiger partial charge in [-0.1, -0.05) is 86.3 Å². The Morgan fingerprint density at radius 2 is 1.40 bits per heavy atom. The topological polar surface area (TPSA) is 319 Å². The van der Waals surface area contributed by atoms with Gasteiger partial charge in [0, 0.05) is 19.5 Å².